The summed E-state index contributed by atoms with van der Waals surface area (Å²) >= 11 is 0. The Bertz CT molecular complexity index is 630. The van der Waals surface area contributed by atoms with Crippen molar-refractivity contribution in [1.82, 2.24) is 15.2 Å². The number of nitrogens with two attached hydrogens (primary N) is 1. The number of aryl methyl sites for hydroxylation is 4. The highest BCUT2D eigenvalue weighted by atomic mass is 15.3. The lowest BCUT2D eigenvalue weighted by Gasteiger charge is -2.16. The maximum absolute atomic E-state index is 5.81. The lowest BCUT2D eigenvalue weighted by molar-refractivity contribution is 0.547. The van der Waals surface area contributed by atoms with Crippen molar-refractivity contribution in [3.63, 3.8) is 0 Å². The van der Waals surface area contributed by atoms with Gasteiger partial charge in [0.1, 0.15) is 0 Å². The largest absolute Gasteiger partial charge is 0.275 e. The molecule has 1 aromatic heterocycles. The van der Waals surface area contributed by atoms with Crippen molar-refractivity contribution in [2.75, 3.05) is 0 Å². The van der Waals surface area contributed by atoms with Crippen molar-refractivity contribution in [1.29, 1.82) is 0 Å². The maximum atomic E-state index is 5.81. The SMILES string of the molecule is CCc1nn(C)cc1C(Cc1ccc2c(c1)CCC2)NN. The molecule has 1 aliphatic carbocycles. The number of fused-ring (bicyclic) bond motifs is 1. The van der Waals surface area contributed by atoms with Crippen LogP contribution in [0.5, 0.6) is 0 Å². The molecule has 0 bridgehead atoms. The molecule has 3 N–H and O–H groups in total. The molecule has 112 valence electrons. The summed E-state index contributed by atoms with van der Waals surface area (Å²) in [4.78, 5) is 0. The van der Waals surface area contributed by atoms with Crippen molar-refractivity contribution < 1.29 is 0 Å². The second kappa shape index (κ2) is 6.00. The summed E-state index contributed by atoms with van der Waals surface area (Å²) in [6, 6.07) is 7.01. The second-order valence-electron chi connectivity index (χ2n) is 5.94. The number of benzene rings is 1. The lowest BCUT2D eigenvalue weighted by Crippen LogP contribution is -2.30. The zero-order valence-electron chi connectivity index (χ0n) is 12.9. The predicted octanol–water partition coefficient (Wildman–Crippen LogP) is 2.22. The lowest BCUT2D eigenvalue weighted by atomic mass is 9.96. The first-order valence-corrected chi connectivity index (χ1v) is 7.80. The molecule has 0 aliphatic heterocycles. The summed E-state index contributed by atoms with van der Waals surface area (Å²) in [6.07, 6.45) is 7.66. The Morgan fingerprint density at radius 3 is 2.90 bits per heavy atom. The Hall–Kier alpha value is -1.65. The Labute approximate surface area is 126 Å². The Balaban J connectivity index is 1.84. The van der Waals surface area contributed by atoms with Gasteiger partial charge in [0, 0.05) is 18.8 Å². The molecular formula is C17H24N4. The number of hydrogen-bond donors (Lipinski definition) is 2. The molecule has 4 nitrogen and oxygen atoms in total. The first kappa shape index (κ1) is 14.3. The molecule has 0 saturated carbocycles. The molecule has 21 heavy (non-hydrogen) atoms. The molecule has 1 unspecified atom stereocenters. The van der Waals surface area contributed by atoms with Gasteiger partial charge in [-0.25, -0.2) is 0 Å². The minimum atomic E-state index is 0.119. The number of aromatic nitrogens is 2. The molecule has 1 atom stereocenters. The summed E-state index contributed by atoms with van der Waals surface area (Å²) in [5, 5.41) is 4.52. The van der Waals surface area contributed by atoms with Gasteiger partial charge in [-0.05, 0) is 48.8 Å². The van der Waals surface area contributed by atoms with Gasteiger partial charge in [-0.1, -0.05) is 25.1 Å². The summed E-state index contributed by atoms with van der Waals surface area (Å²) in [5.41, 5.74) is 9.70. The highest BCUT2D eigenvalue weighted by Crippen LogP contribution is 2.26. The van der Waals surface area contributed by atoms with Gasteiger partial charge >= 0.3 is 0 Å². The number of hydrogen-bond acceptors (Lipinski definition) is 3. The van der Waals surface area contributed by atoms with Crippen molar-refractivity contribution in [3.05, 3.63) is 52.3 Å². The van der Waals surface area contributed by atoms with Crippen molar-refractivity contribution in [2.45, 2.75) is 45.1 Å². The molecule has 1 aliphatic rings. The highest BCUT2D eigenvalue weighted by Gasteiger charge is 2.18. The highest BCUT2D eigenvalue weighted by molar-refractivity contribution is 5.36. The van der Waals surface area contributed by atoms with Gasteiger partial charge in [0.05, 0.1) is 11.7 Å². The van der Waals surface area contributed by atoms with Gasteiger partial charge in [-0.2, -0.15) is 5.10 Å². The third-order valence-electron chi connectivity index (χ3n) is 4.45. The molecule has 0 radical (unpaired) electrons. The smallest absolute Gasteiger partial charge is 0.0670 e. The average Bonchev–Trinajstić information content (AvgIpc) is 3.10. The predicted molar refractivity (Wildman–Crippen MR) is 84.8 cm³/mol. The topological polar surface area (TPSA) is 55.9 Å². The van der Waals surface area contributed by atoms with E-state index in [9.17, 15) is 0 Å². The van der Waals surface area contributed by atoms with Gasteiger partial charge in [0.2, 0.25) is 0 Å². The van der Waals surface area contributed by atoms with Crippen LogP contribution in [0.4, 0.5) is 0 Å². The molecule has 4 heteroatoms. The van der Waals surface area contributed by atoms with E-state index >= 15 is 0 Å². The first-order chi connectivity index (χ1) is 10.2. The van der Waals surface area contributed by atoms with Gasteiger partial charge in [-0.15, -0.1) is 0 Å². The zero-order valence-corrected chi connectivity index (χ0v) is 12.9. The Kier molecular flexibility index (Phi) is 4.08. The van der Waals surface area contributed by atoms with Crippen LogP contribution >= 0.6 is 0 Å². The van der Waals surface area contributed by atoms with E-state index in [-0.39, 0.29) is 6.04 Å². The number of nitrogens with zero attached hydrogens (tertiary/aromatic N) is 2. The molecule has 3 rings (SSSR count). The summed E-state index contributed by atoms with van der Waals surface area (Å²) in [5.74, 6) is 5.81. The van der Waals surface area contributed by atoms with E-state index in [2.05, 4.69) is 41.8 Å². The first-order valence-electron chi connectivity index (χ1n) is 7.80. The van der Waals surface area contributed by atoms with Crippen LogP contribution in [0.2, 0.25) is 0 Å². The van der Waals surface area contributed by atoms with Crippen LogP contribution in [-0.4, -0.2) is 9.78 Å². The van der Waals surface area contributed by atoms with Crippen LogP contribution in [0.15, 0.2) is 24.4 Å². The fourth-order valence-electron chi connectivity index (χ4n) is 3.37. The molecule has 0 fully saturated rings. The molecular weight excluding hydrogens is 260 g/mol. The maximum Gasteiger partial charge on any atom is 0.0670 e. The zero-order chi connectivity index (χ0) is 14.8. The van der Waals surface area contributed by atoms with E-state index in [1.54, 1.807) is 0 Å². The summed E-state index contributed by atoms with van der Waals surface area (Å²) < 4.78 is 1.88. The van der Waals surface area contributed by atoms with Crippen molar-refractivity contribution >= 4 is 0 Å². The minimum absolute atomic E-state index is 0.119. The summed E-state index contributed by atoms with van der Waals surface area (Å²) in [6.45, 7) is 2.13. The van der Waals surface area contributed by atoms with Crippen LogP contribution in [0.25, 0.3) is 0 Å². The van der Waals surface area contributed by atoms with Crippen LogP contribution in [-0.2, 0) is 32.7 Å². The third-order valence-corrected chi connectivity index (χ3v) is 4.45. The Morgan fingerprint density at radius 1 is 1.33 bits per heavy atom. The molecule has 1 heterocycles. The molecule has 0 amide bonds. The van der Waals surface area contributed by atoms with Crippen LogP contribution < -0.4 is 11.3 Å². The fraction of sp³-hybridized carbons (Fsp3) is 0.471. The second-order valence-corrected chi connectivity index (χ2v) is 5.94. The third kappa shape index (κ3) is 2.87. The van der Waals surface area contributed by atoms with Gasteiger partial charge in [0.25, 0.3) is 0 Å². The van der Waals surface area contributed by atoms with E-state index in [1.807, 2.05) is 11.7 Å². The van der Waals surface area contributed by atoms with E-state index < -0.39 is 0 Å². The normalized spacial score (nSPS) is 15.2. The Morgan fingerprint density at radius 2 is 2.14 bits per heavy atom. The van der Waals surface area contributed by atoms with Gasteiger partial charge in [-0.3, -0.25) is 16.0 Å². The molecule has 0 spiro atoms. The van der Waals surface area contributed by atoms with Gasteiger partial charge in [0.15, 0.2) is 0 Å². The quantitative estimate of drug-likeness (QED) is 0.654. The number of hydrazine groups is 1. The van der Waals surface area contributed by atoms with Crippen molar-refractivity contribution in [3.8, 4) is 0 Å². The molecule has 0 saturated heterocycles. The average molecular weight is 284 g/mol. The number of nitrogens with one attached hydrogen (secondary N) is 1. The van der Waals surface area contributed by atoms with Gasteiger partial charge < -0.3 is 0 Å². The number of rotatable bonds is 5. The van der Waals surface area contributed by atoms with E-state index in [1.165, 1.54) is 41.5 Å². The van der Waals surface area contributed by atoms with Crippen LogP contribution in [0.1, 0.15) is 47.3 Å². The van der Waals surface area contributed by atoms with Crippen LogP contribution in [0.3, 0.4) is 0 Å². The van der Waals surface area contributed by atoms with Crippen molar-refractivity contribution in [2.24, 2.45) is 12.9 Å². The molecule has 1 aromatic carbocycles. The summed E-state index contributed by atoms with van der Waals surface area (Å²) in [7, 11) is 1.96. The minimum Gasteiger partial charge on any atom is -0.275 e. The van der Waals surface area contributed by atoms with E-state index in [0.29, 0.717) is 0 Å². The fourth-order valence-corrected chi connectivity index (χ4v) is 3.37. The van der Waals surface area contributed by atoms with E-state index in [4.69, 9.17) is 5.84 Å². The van der Waals surface area contributed by atoms with Crippen LogP contribution in [0, 0.1) is 0 Å². The van der Waals surface area contributed by atoms with E-state index in [0.717, 1.165) is 18.5 Å². The monoisotopic (exact) mass is 284 g/mol. The standard InChI is InChI=1S/C17H24N4/c1-3-16-15(11-21(2)20-16)17(19-18)10-12-7-8-13-5-4-6-14(13)9-12/h7-9,11,17,19H,3-6,10,18H2,1-2H3. The molecule has 2 aromatic rings.